The van der Waals surface area contributed by atoms with Gasteiger partial charge in [0.2, 0.25) is 0 Å². The monoisotopic (exact) mass is 309 g/mol. The first-order valence-electron chi connectivity index (χ1n) is 6.56. The third-order valence-corrected chi connectivity index (χ3v) is 2.81. The number of thiocarbonyl (C=S) groups is 2. The fourth-order valence-corrected chi connectivity index (χ4v) is 1.76. The molecule has 1 aromatic rings. The molecular weight excluding hydrogens is 290 g/mol. The fourth-order valence-electron chi connectivity index (χ4n) is 1.43. The summed E-state index contributed by atoms with van der Waals surface area (Å²) in [5.41, 5.74) is 1.67. The maximum atomic E-state index is 5.44. The van der Waals surface area contributed by atoms with Crippen LogP contribution in [0.3, 0.4) is 0 Å². The van der Waals surface area contributed by atoms with Gasteiger partial charge in [-0.05, 0) is 55.1 Å². The largest absolute Gasteiger partial charge is 0.380 e. The molecule has 0 unspecified atom stereocenters. The Kier molecular flexibility index (Phi) is 8.74. The first kappa shape index (κ1) is 16.7. The van der Waals surface area contributed by atoms with Crippen LogP contribution in [0.15, 0.2) is 29.3 Å². The lowest BCUT2D eigenvalue weighted by Gasteiger charge is -2.10. The minimum Gasteiger partial charge on any atom is -0.380 e. The molecule has 0 saturated carbocycles. The van der Waals surface area contributed by atoms with Gasteiger partial charge in [0.15, 0.2) is 5.11 Å². The van der Waals surface area contributed by atoms with Crippen LogP contribution in [0, 0.1) is 0 Å². The van der Waals surface area contributed by atoms with Gasteiger partial charge < -0.3 is 15.4 Å². The van der Waals surface area contributed by atoms with Gasteiger partial charge >= 0.3 is 0 Å². The van der Waals surface area contributed by atoms with E-state index < -0.39 is 0 Å². The highest BCUT2D eigenvalue weighted by Gasteiger charge is 1.97. The molecule has 0 aliphatic heterocycles. The summed E-state index contributed by atoms with van der Waals surface area (Å²) < 4.78 is 5.44. The highest BCUT2D eigenvalue weighted by Crippen LogP contribution is 2.15. The number of hydrogen-bond donors (Lipinski definition) is 2. The summed E-state index contributed by atoms with van der Waals surface area (Å²) in [5, 5.41) is 9.09. The van der Waals surface area contributed by atoms with E-state index in [0.29, 0.717) is 18.3 Å². The van der Waals surface area contributed by atoms with Crippen LogP contribution < -0.4 is 10.6 Å². The van der Waals surface area contributed by atoms with Crippen LogP contribution in [0.1, 0.15) is 19.8 Å². The van der Waals surface area contributed by atoms with E-state index in [1.807, 2.05) is 24.3 Å². The Balaban J connectivity index is 2.23. The molecule has 4 nitrogen and oxygen atoms in total. The zero-order valence-electron chi connectivity index (χ0n) is 11.5. The second-order valence-electron chi connectivity index (χ2n) is 4.10. The summed E-state index contributed by atoms with van der Waals surface area (Å²) in [5.74, 6) is 0. The van der Waals surface area contributed by atoms with E-state index >= 15 is 0 Å². The third kappa shape index (κ3) is 7.31. The number of nitrogens with one attached hydrogen (secondary N) is 2. The molecule has 20 heavy (non-hydrogen) atoms. The fraction of sp³-hybridized carbons (Fsp3) is 0.429. The molecule has 108 valence electrons. The lowest BCUT2D eigenvalue weighted by atomic mass is 10.3. The summed E-state index contributed by atoms with van der Waals surface area (Å²) >= 11 is 9.74. The SMILES string of the molecule is CCCCOCCNC(=S)Nc1ccc(N=C=S)cc1. The van der Waals surface area contributed by atoms with Crippen molar-refractivity contribution in [1.29, 1.82) is 0 Å². The lowest BCUT2D eigenvalue weighted by molar-refractivity contribution is 0.136. The molecule has 0 spiro atoms. The van der Waals surface area contributed by atoms with Crippen LogP contribution >= 0.6 is 24.4 Å². The van der Waals surface area contributed by atoms with Gasteiger partial charge in [-0.15, -0.1) is 0 Å². The van der Waals surface area contributed by atoms with Gasteiger partial charge in [-0.1, -0.05) is 13.3 Å². The molecule has 2 N–H and O–H groups in total. The summed E-state index contributed by atoms with van der Waals surface area (Å²) in [6.45, 7) is 4.30. The molecular formula is C14H19N3OS2. The number of ether oxygens (including phenoxy) is 1. The van der Waals surface area contributed by atoms with Gasteiger partial charge in [-0.3, -0.25) is 0 Å². The number of aliphatic imine (C=N–C) groups is 1. The summed E-state index contributed by atoms with van der Waals surface area (Å²) in [4.78, 5) is 3.88. The molecule has 0 radical (unpaired) electrons. The Bertz CT molecular complexity index is 456. The molecule has 1 rings (SSSR count). The maximum Gasteiger partial charge on any atom is 0.170 e. The predicted molar refractivity (Wildman–Crippen MR) is 91.1 cm³/mol. The van der Waals surface area contributed by atoms with E-state index in [1.54, 1.807) is 0 Å². The van der Waals surface area contributed by atoms with Gasteiger partial charge in [0.05, 0.1) is 17.5 Å². The Hall–Kier alpha value is -1.33. The van der Waals surface area contributed by atoms with Crippen molar-refractivity contribution in [2.45, 2.75) is 19.8 Å². The Morgan fingerprint density at radius 3 is 2.70 bits per heavy atom. The summed E-state index contributed by atoms with van der Waals surface area (Å²) in [7, 11) is 0. The number of unbranched alkanes of at least 4 members (excludes halogenated alkanes) is 1. The van der Waals surface area contributed by atoms with Crippen molar-refractivity contribution >= 4 is 46.1 Å². The normalized spacial score (nSPS) is 9.65. The van der Waals surface area contributed by atoms with Crippen molar-refractivity contribution in [3.8, 4) is 0 Å². The number of rotatable bonds is 8. The van der Waals surface area contributed by atoms with Crippen molar-refractivity contribution in [3.05, 3.63) is 24.3 Å². The lowest BCUT2D eigenvalue weighted by Crippen LogP contribution is -2.31. The maximum absolute atomic E-state index is 5.44. The predicted octanol–water partition coefficient (Wildman–Crippen LogP) is 3.52. The van der Waals surface area contributed by atoms with Gasteiger partial charge in [-0.2, -0.15) is 4.99 Å². The van der Waals surface area contributed by atoms with Gasteiger partial charge in [0.25, 0.3) is 0 Å². The number of benzene rings is 1. The average molecular weight is 309 g/mol. The Morgan fingerprint density at radius 1 is 1.30 bits per heavy atom. The minimum atomic E-state index is 0.579. The standard InChI is InChI=1S/C14H19N3OS2/c1-2-3-9-18-10-8-15-14(20)17-13-6-4-12(5-7-13)16-11-19/h4-7H,2-3,8-10H2,1H3,(H2,15,17,20). The van der Waals surface area contributed by atoms with E-state index in [-0.39, 0.29) is 0 Å². The van der Waals surface area contributed by atoms with E-state index in [4.69, 9.17) is 17.0 Å². The molecule has 1 aromatic carbocycles. The smallest absolute Gasteiger partial charge is 0.170 e. The molecule has 0 amide bonds. The molecule has 0 saturated heterocycles. The minimum absolute atomic E-state index is 0.579. The van der Waals surface area contributed by atoms with Crippen LogP contribution in [0.4, 0.5) is 11.4 Å². The number of isothiocyanates is 1. The molecule has 0 heterocycles. The number of hydrogen-bond acceptors (Lipinski definition) is 4. The number of anilines is 1. The molecule has 0 bridgehead atoms. The number of nitrogens with zero attached hydrogens (tertiary/aromatic N) is 1. The average Bonchev–Trinajstić information content (AvgIpc) is 2.45. The van der Waals surface area contributed by atoms with Crippen LogP contribution in [-0.2, 0) is 4.74 Å². The van der Waals surface area contributed by atoms with Gasteiger partial charge in [-0.25, -0.2) is 0 Å². The van der Waals surface area contributed by atoms with Crippen molar-refractivity contribution in [2.75, 3.05) is 25.1 Å². The molecule has 0 atom stereocenters. The highest BCUT2D eigenvalue weighted by atomic mass is 32.1. The van der Waals surface area contributed by atoms with Crippen LogP contribution in [0.5, 0.6) is 0 Å². The van der Waals surface area contributed by atoms with Crippen molar-refractivity contribution in [3.63, 3.8) is 0 Å². The van der Waals surface area contributed by atoms with E-state index in [1.165, 1.54) is 0 Å². The third-order valence-electron chi connectivity index (χ3n) is 2.47. The topological polar surface area (TPSA) is 45.6 Å². The first-order chi connectivity index (χ1) is 9.76. The van der Waals surface area contributed by atoms with Gasteiger partial charge in [0.1, 0.15) is 0 Å². The van der Waals surface area contributed by atoms with Crippen LogP contribution in [0.2, 0.25) is 0 Å². The van der Waals surface area contributed by atoms with E-state index in [9.17, 15) is 0 Å². The molecule has 6 heteroatoms. The zero-order valence-corrected chi connectivity index (χ0v) is 13.1. The van der Waals surface area contributed by atoms with Gasteiger partial charge in [0, 0.05) is 18.8 Å². The molecule has 0 aliphatic carbocycles. The second kappa shape index (κ2) is 10.5. The molecule has 0 aromatic heterocycles. The molecule has 0 fully saturated rings. The van der Waals surface area contributed by atoms with Crippen molar-refractivity contribution in [1.82, 2.24) is 5.32 Å². The Morgan fingerprint density at radius 2 is 2.05 bits per heavy atom. The molecule has 0 aliphatic rings. The van der Waals surface area contributed by atoms with E-state index in [0.717, 1.165) is 30.8 Å². The van der Waals surface area contributed by atoms with Crippen molar-refractivity contribution in [2.24, 2.45) is 4.99 Å². The van der Waals surface area contributed by atoms with E-state index in [2.05, 4.69) is 39.9 Å². The van der Waals surface area contributed by atoms with Crippen LogP contribution in [0.25, 0.3) is 0 Å². The zero-order chi connectivity index (χ0) is 14.6. The highest BCUT2D eigenvalue weighted by molar-refractivity contribution is 7.80. The Labute approximate surface area is 130 Å². The first-order valence-corrected chi connectivity index (χ1v) is 7.38. The quantitative estimate of drug-likeness (QED) is 0.437. The van der Waals surface area contributed by atoms with Crippen molar-refractivity contribution < 1.29 is 4.74 Å². The second-order valence-corrected chi connectivity index (χ2v) is 4.69. The van der Waals surface area contributed by atoms with Crippen LogP contribution in [-0.4, -0.2) is 30.0 Å². The summed E-state index contributed by atoms with van der Waals surface area (Å²) in [6, 6.07) is 7.46. The summed E-state index contributed by atoms with van der Waals surface area (Å²) in [6.07, 6.45) is 2.25.